The van der Waals surface area contributed by atoms with Crippen LogP contribution in [0, 0.1) is 0 Å². The van der Waals surface area contributed by atoms with Gasteiger partial charge < -0.3 is 10.6 Å². The van der Waals surface area contributed by atoms with Gasteiger partial charge >= 0.3 is 0 Å². The van der Waals surface area contributed by atoms with Crippen molar-refractivity contribution in [2.24, 2.45) is 0 Å². The number of halogens is 1. The molecule has 0 saturated carbocycles. The molecule has 2 saturated heterocycles. The highest BCUT2D eigenvalue weighted by Gasteiger charge is 2.32. The molecule has 2 fully saturated rings. The lowest BCUT2D eigenvalue weighted by molar-refractivity contribution is 0.0951. The molecule has 23 heavy (non-hydrogen) atoms. The zero-order valence-electron chi connectivity index (χ0n) is 12.6. The van der Waals surface area contributed by atoms with Crippen LogP contribution in [-0.4, -0.2) is 57.0 Å². The van der Waals surface area contributed by atoms with Gasteiger partial charge in [-0.1, -0.05) is 0 Å². The van der Waals surface area contributed by atoms with Gasteiger partial charge in [0.2, 0.25) is 10.0 Å². The van der Waals surface area contributed by atoms with Crippen LogP contribution in [0.1, 0.15) is 28.9 Å². The second kappa shape index (κ2) is 6.84. The van der Waals surface area contributed by atoms with Crippen molar-refractivity contribution in [1.82, 2.24) is 14.9 Å². The van der Waals surface area contributed by atoms with Crippen LogP contribution in [0.3, 0.4) is 0 Å². The zero-order chi connectivity index (χ0) is 16.4. The summed E-state index contributed by atoms with van der Waals surface area (Å²) in [5.41, 5.74) is 0. The average molecular weight is 361 g/mol. The summed E-state index contributed by atoms with van der Waals surface area (Å²) in [6.07, 6.45) is 1.18. The summed E-state index contributed by atoms with van der Waals surface area (Å²) in [6, 6.07) is 1.38. The lowest BCUT2D eigenvalue weighted by Gasteiger charge is -2.16. The van der Waals surface area contributed by atoms with Crippen LogP contribution in [0.25, 0.3) is 0 Å². The number of sulfonamides is 1. The van der Waals surface area contributed by atoms with Crippen LogP contribution in [0.5, 0.6) is 0 Å². The van der Waals surface area contributed by atoms with Gasteiger partial charge in [-0.05, 0) is 30.7 Å². The molecule has 2 atom stereocenters. The van der Waals surface area contributed by atoms with Crippen LogP contribution in [0.4, 0.5) is 4.39 Å². The van der Waals surface area contributed by atoms with E-state index in [0.717, 1.165) is 24.2 Å². The minimum atomic E-state index is -3.61. The van der Waals surface area contributed by atoms with E-state index in [4.69, 9.17) is 0 Å². The molecule has 3 heterocycles. The molecule has 0 bridgehead atoms. The van der Waals surface area contributed by atoms with E-state index in [2.05, 4.69) is 10.6 Å². The maximum absolute atomic E-state index is 13.1. The number of hydrogen-bond acceptors (Lipinski definition) is 5. The van der Waals surface area contributed by atoms with Crippen molar-refractivity contribution in [2.45, 2.75) is 36.4 Å². The fourth-order valence-corrected chi connectivity index (χ4v) is 5.79. The Hall–Kier alpha value is -1.03. The Morgan fingerprint density at radius 2 is 2.17 bits per heavy atom. The van der Waals surface area contributed by atoms with Gasteiger partial charge in [-0.15, -0.1) is 11.3 Å². The second-order valence-corrected chi connectivity index (χ2v) is 8.70. The number of nitrogens with one attached hydrogen (secondary N) is 2. The zero-order valence-corrected chi connectivity index (χ0v) is 14.3. The first-order chi connectivity index (χ1) is 11.0. The normalized spacial score (nSPS) is 25.8. The van der Waals surface area contributed by atoms with Gasteiger partial charge in [0.25, 0.3) is 5.91 Å². The van der Waals surface area contributed by atoms with Gasteiger partial charge in [0.05, 0.1) is 0 Å². The third-order valence-corrected chi connectivity index (χ3v) is 7.18. The Bertz CT molecular complexity index is 671. The first-order valence-corrected chi connectivity index (χ1v) is 10.0. The third kappa shape index (κ3) is 3.57. The standard InChI is InChI=1S/C14H20FN3O3S2/c15-10-7-11(16-8-10)9-17-14(19)13-12(3-6-22-13)23(20,21)18-4-1-2-5-18/h3,6,10-11,16H,1-2,4-5,7-9H2,(H,17,19)/t10-,11-/m0/s1. The van der Waals surface area contributed by atoms with E-state index in [9.17, 15) is 17.6 Å². The smallest absolute Gasteiger partial charge is 0.262 e. The molecule has 3 rings (SSSR count). The highest BCUT2D eigenvalue weighted by molar-refractivity contribution is 7.89. The van der Waals surface area contributed by atoms with Gasteiger partial charge in [-0.3, -0.25) is 4.79 Å². The molecule has 1 aromatic rings. The van der Waals surface area contributed by atoms with Crippen molar-refractivity contribution in [3.05, 3.63) is 16.3 Å². The van der Waals surface area contributed by atoms with E-state index in [1.54, 1.807) is 5.38 Å². The van der Waals surface area contributed by atoms with Gasteiger partial charge in [0.15, 0.2) is 0 Å². The molecule has 0 radical (unpaired) electrons. The summed E-state index contributed by atoms with van der Waals surface area (Å²) in [6.45, 7) is 1.60. The molecule has 2 N–H and O–H groups in total. The molecule has 0 aromatic carbocycles. The maximum Gasteiger partial charge on any atom is 0.262 e. The summed E-state index contributed by atoms with van der Waals surface area (Å²) in [4.78, 5) is 12.6. The number of carbonyl (C=O) groups is 1. The molecular weight excluding hydrogens is 341 g/mol. The number of alkyl halides is 1. The number of thiophene rings is 1. The molecule has 2 aliphatic rings. The SMILES string of the molecule is O=C(NC[C@@H]1C[C@H](F)CN1)c1sccc1S(=O)(=O)N1CCCC1. The average Bonchev–Trinajstić information content (AvgIpc) is 3.25. The number of amides is 1. The van der Waals surface area contributed by atoms with Crippen molar-refractivity contribution < 1.29 is 17.6 Å². The molecule has 2 aliphatic heterocycles. The number of rotatable bonds is 5. The van der Waals surface area contributed by atoms with Crippen molar-refractivity contribution in [2.75, 3.05) is 26.2 Å². The first-order valence-electron chi connectivity index (χ1n) is 7.72. The second-order valence-electron chi connectivity index (χ2n) is 5.87. The fraction of sp³-hybridized carbons (Fsp3) is 0.643. The van der Waals surface area contributed by atoms with Crippen molar-refractivity contribution in [3.8, 4) is 0 Å². The fourth-order valence-electron chi connectivity index (χ4n) is 2.96. The van der Waals surface area contributed by atoms with Crippen LogP contribution < -0.4 is 10.6 Å². The minimum Gasteiger partial charge on any atom is -0.350 e. The number of hydrogen-bond donors (Lipinski definition) is 2. The highest BCUT2D eigenvalue weighted by atomic mass is 32.2. The topological polar surface area (TPSA) is 78.5 Å². The molecule has 0 unspecified atom stereocenters. The quantitative estimate of drug-likeness (QED) is 0.819. The van der Waals surface area contributed by atoms with Crippen molar-refractivity contribution >= 4 is 27.3 Å². The predicted molar refractivity (Wildman–Crippen MR) is 85.9 cm³/mol. The van der Waals surface area contributed by atoms with Gasteiger partial charge in [-0.2, -0.15) is 4.31 Å². The van der Waals surface area contributed by atoms with E-state index in [0.29, 0.717) is 32.6 Å². The molecular formula is C14H20FN3O3S2. The van der Waals surface area contributed by atoms with Crippen molar-refractivity contribution in [1.29, 1.82) is 0 Å². The lowest BCUT2D eigenvalue weighted by Crippen LogP contribution is -2.37. The molecule has 1 amide bonds. The van der Waals surface area contributed by atoms with Gasteiger partial charge in [0.1, 0.15) is 15.9 Å². The maximum atomic E-state index is 13.1. The highest BCUT2D eigenvalue weighted by Crippen LogP contribution is 2.27. The van der Waals surface area contributed by atoms with E-state index < -0.39 is 22.1 Å². The Labute approximate surface area is 139 Å². The predicted octanol–water partition coefficient (Wildman–Crippen LogP) is 0.962. The molecule has 1 aromatic heterocycles. The summed E-state index contributed by atoms with van der Waals surface area (Å²) in [7, 11) is -3.61. The van der Waals surface area contributed by atoms with Crippen LogP contribution >= 0.6 is 11.3 Å². The Morgan fingerprint density at radius 1 is 1.43 bits per heavy atom. The largest absolute Gasteiger partial charge is 0.350 e. The Balaban J connectivity index is 1.69. The molecule has 0 aliphatic carbocycles. The van der Waals surface area contributed by atoms with Crippen LogP contribution in [0.2, 0.25) is 0 Å². The van der Waals surface area contributed by atoms with E-state index >= 15 is 0 Å². The summed E-state index contributed by atoms with van der Waals surface area (Å²) in [5, 5.41) is 7.31. The lowest BCUT2D eigenvalue weighted by atomic mass is 10.2. The minimum absolute atomic E-state index is 0.0737. The summed E-state index contributed by atoms with van der Waals surface area (Å²) < 4.78 is 39.8. The Morgan fingerprint density at radius 3 is 2.83 bits per heavy atom. The van der Waals surface area contributed by atoms with Crippen LogP contribution in [-0.2, 0) is 10.0 Å². The number of nitrogens with zero attached hydrogens (tertiary/aromatic N) is 1. The van der Waals surface area contributed by atoms with Crippen LogP contribution in [0.15, 0.2) is 16.3 Å². The first kappa shape index (κ1) is 16.8. The monoisotopic (exact) mass is 361 g/mol. The van der Waals surface area contributed by atoms with E-state index in [-0.39, 0.29) is 15.8 Å². The van der Waals surface area contributed by atoms with Crippen molar-refractivity contribution in [3.63, 3.8) is 0 Å². The summed E-state index contributed by atoms with van der Waals surface area (Å²) in [5.74, 6) is -0.415. The summed E-state index contributed by atoms with van der Waals surface area (Å²) >= 11 is 1.11. The molecule has 6 nitrogen and oxygen atoms in total. The van der Waals surface area contributed by atoms with E-state index in [1.165, 1.54) is 10.4 Å². The third-order valence-electron chi connectivity index (χ3n) is 4.20. The molecule has 0 spiro atoms. The van der Waals surface area contributed by atoms with Gasteiger partial charge in [0, 0.05) is 32.2 Å². The van der Waals surface area contributed by atoms with E-state index in [1.807, 2.05) is 0 Å². The molecule has 9 heteroatoms. The molecule has 128 valence electrons. The Kier molecular flexibility index (Phi) is 5.00. The number of carbonyl (C=O) groups excluding carboxylic acids is 1. The van der Waals surface area contributed by atoms with Gasteiger partial charge in [-0.25, -0.2) is 12.8 Å².